The summed E-state index contributed by atoms with van der Waals surface area (Å²) in [5, 5.41) is 6.93. The van der Waals surface area contributed by atoms with E-state index in [0.717, 1.165) is 22.2 Å². The lowest BCUT2D eigenvalue weighted by molar-refractivity contribution is 0.0977. The predicted molar refractivity (Wildman–Crippen MR) is 123 cm³/mol. The van der Waals surface area contributed by atoms with Gasteiger partial charge in [0.05, 0.1) is 5.52 Å². The standard InChI is InChI=1S/C24H19N3O2S/c28-23(18-9-4-10-19(15-18)29-16-17-7-2-1-3-8-17)27-24(30)26-22-13-5-12-21-20(22)11-6-14-25-21/h1-15H,16H2,(H2,26,27,28,30). The van der Waals surface area contributed by atoms with Gasteiger partial charge in [-0.05, 0) is 60.2 Å². The first-order valence-electron chi connectivity index (χ1n) is 9.42. The number of hydrogen-bond donors (Lipinski definition) is 2. The van der Waals surface area contributed by atoms with Crippen LogP contribution in [0.5, 0.6) is 5.75 Å². The van der Waals surface area contributed by atoms with E-state index in [1.54, 1.807) is 24.4 Å². The summed E-state index contributed by atoms with van der Waals surface area (Å²) in [7, 11) is 0. The van der Waals surface area contributed by atoms with Gasteiger partial charge in [-0.15, -0.1) is 0 Å². The number of thiocarbonyl (C=S) groups is 1. The van der Waals surface area contributed by atoms with Gasteiger partial charge in [-0.25, -0.2) is 0 Å². The molecule has 148 valence electrons. The number of amides is 1. The summed E-state index contributed by atoms with van der Waals surface area (Å²) in [5.41, 5.74) is 3.15. The zero-order valence-electron chi connectivity index (χ0n) is 16.0. The van der Waals surface area contributed by atoms with Crippen LogP contribution in [-0.4, -0.2) is 16.0 Å². The van der Waals surface area contributed by atoms with Crippen molar-refractivity contribution in [3.8, 4) is 5.75 Å². The fourth-order valence-electron chi connectivity index (χ4n) is 3.01. The van der Waals surface area contributed by atoms with Crippen LogP contribution >= 0.6 is 12.2 Å². The van der Waals surface area contributed by atoms with Crippen LogP contribution in [0.25, 0.3) is 10.9 Å². The van der Waals surface area contributed by atoms with Crippen molar-refractivity contribution in [3.63, 3.8) is 0 Å². The van der Waals surface area contributed by atoms with Crippen molar-refractivity contribution < 1.29 is 9.53 Å². The third-order valence-corrected chi connectivity index (χ3v) is 4.67. The molecule has 6 heteroatoms. The van der Waals surface area contributed by atoms with Crippen LogP contribution in [0.1, 0.15) is 15.9 Å². The van der Waals surface area contributed by atoms with E-state index in [4.69, 9.17) is 17.0 Å². The van der Waals surface area contributed by atoms with Gasteiger partial charge in [0, 0.05) is 22.8 Å². The molecule has 0 saturated heterocycles. The van der Waals surface area contributed by atoms with Gasteiger partial charge in [0.25, 0.3) is 5.91 Å². The molecule has 0 bridgehead atoms. The average Bonchev–Trinajstić information content (AvgIpc) is 2.79. The molecule has 0 fully saturated rings. The van der Waals surface area contributed by atoms with Crippen molar-refractivity contribution in [2.75, 3.05) is 5.32 Å². The lowest BCUT2D eigenvalue weighted by Crippen LogP contribution is -2.34. The molecule has 30 heavy (non-hydrogen) atoms. The molecule has 4 aromatic rings. The molecule has 0 radical (unpaired) electrons. The maximum absolute atomic E-state index is 12.6. The van der Waals surface area contributed by atoms with Crippen molar-refractivity contribution in [1.82, 2.24) is 10.3 Å². The molecule has 0 spiro atoms. The summed E-state index contributed by atoms with van der Waals surface area (Å²) in [4.78, 5) is 17.0. The van der Waals surface area contributed by atoms with Crippen LogP contribution in [-0.2, 0) is 6.61 Å². The fraction of sp³-hybridized carbons (Fsp3) is 0.0417. The highest BCUT2D eigenvalue weighted by atomic mass is 32.1. The summed E-state index contributed by atoms with van der Waals surface area (Å²) >= 11 is 5.33. The van der Waals surface area contributed by atoms with Crippen molar-refractivity contribution in [1.29, 1.82) is 0 Å². The molecule has 0 aliphatic rings. The minimum atomic E-state index is -0.309. The number of aromatic nitrogens is 1. The molecule has 0 saturated carbocycles. The second-order valence-electron chi connectivity index (χ2n) is 6.59. The number of hydrogen-bond acceptors (Lipinski definition) is 4. The minimum absolute atomic E-state index is 0.215. The van der Waals surface area contributed by atoms with E-state index < -0.39 is 0 Å². The third-order valence-electron chi connectivity index (χ3n) is 4.47. The monoisotopic (exact) mass is 413 g/mol. The van der Waals surface area contributed by atoms with Gasteiger partial charge < -0.3 is 10.1 Å². The van der Waals surface area contributed by atoms with Gasteiger partial charge in [0.1, 0.15) is 12.4 Å². The first kappa shape index (κ1) is 19.5. The van der Waals surface area contributed by atoms with Gasteiger partial charge in [0.2, 0.25) is 0 Å². The van der Waals surface area contributed by atoms with Crippen molar-refractivity contribution in [2.24, 2.45) is 0 Å². The topological polar surface area (TPSA) is 63.2 Å². The second-order valence-corrected chi connectivity index (χ2v) is 6.99. The Morgan fingerprint density at radius 2 is 1.77 bits per heavy atom. The number of rotatable bonds is 5. The molecule has 5 nitrogen and oxygen atoms in total. The molecule has 3 aromatic carbocycles. The van der Waals surface area contributed by atoms with Gasteiger partial charge in [-0.2, -0.15) is 0 Å². The number of carbonyl (C=O) groups excluding carboxylic acids is 1. The molecule has 2 N–H and O–H groups in total. The number of fused-ring (bicyclic) bond motifs is 1. The van der Waals surface area contributed by atoms with E-state index in [2.05, 4.69) is 15.6 Å². The number of carbonyl (C=O) groups is 1. The highest BCUT2D eigenvalue weighted by molar-refractivity contribution is 7.80. The number of nitrogens with one attached hydrogen (secondary N) is 2. The van der Waals surface area contributed by atoms with E-state index in [1.807, 2.05) is 66.7 Å². The van der Waals surface area contributed by atoms with Crippen LogP contribution in [0.15, 0.2) is 91.1 Å². The van der Waals surface area contributed by atoms with Gasteiger partial charge in [-0.3, -0.25) is 15.1 Å². The molecule has 0 atom stereocenters. The van der Waals surface area contributed by atoms with E-state index in [1.165, 1.54) is 0 Å². The number of benzene rings is 3. The molecule has 0 aliphatic carbocycles. The molecule has 1 heterocycles. The van der Waals surface area contributed by atoms with Crippen LogP contribution < -0.4 is 15.4 Å². The van der Waals surface area contributed by atoms with E-state index >= 15 is 0 Å². The Balaban J connectivity index is 1.40. The predicted octanol–water partition coefficient (Wildman–Crippen LogP) is 4.94. The molecular weight excluding hydrogens is 394 g/mol. The van der Waals surface area contributed by atoms with Crippen molar-refractivity contribution in [2.45, 2.75) is 6.61 Å². The maximum atomic E-state index is 12.6. The number of anilines is 1. The maximum Gasteiger partial charge on any atom is 0.257 e. The van der Waals surface area contributed by atoms with E-state index in [9.17, 15) is 4.79 Å². The lowest BCUT2D eigenvalue weighted by atomic mass is 10.2. The van der Waals surface area contributed by atoms with Crippen LogP contribution in [0, 0.1) is 0 Å². The molecule has 1 aromatic heterocycles. The Hall–Kier alpha value is -3.77. The third kappa shape index (κ3) is 4.79. The van der Waals surface area contributed by atoms with Crippen molar-refractivity contribution >= 4 is 39.8 Å². The highest BCUT2D eigenvalue weighted by Crippen LogP contribution is 2.21. The molecule has 1 amide bonds. The van der Waals surface area contributed by atoms with E-state index in [-0.39, 0.29) is 11.0 Å². The summed E-state index contributed by atoms with van der Waals surface area (Å²) in [6, 6.07) is 26.4. The average molecular weight is 414 g/mol. The van der Waals surface area contributed by atoms with Crippen LogP contribution in [0.3, 0.4) is 0 Å². The Morgan fingerprint density at radius 1 is 0.933 bits per heavy atom. The first-order valence-corrected chi connectivity index (χ1v) is 9.83. The SMILES string of the molecule is O=C(NC(=S)Nc1cccc2ncccc12)c1cccc(OCc2ccccc2)c1. The van der Waals surface area contributed by atoms with E-state index in [0.29, 0.717) is 17.9 Å². The number of pyridine rings is 1. The Labute approximate surface area is 179 Å². The summed E-state index contributed by atoms with van der Waals surface area (Å²) in [6.07, 6.45) is 1.74. The van der Waals surface area contributed by atoms with Crippen LogP contribution in [0.2, 0.25) is 0 Å². The Kier molecular flexibility index (Phi) is 5.96. The van der Waals surface area contributed by atoms with Crippen LogP contribution in [0.4, 0.5) is 5.69 Å². The zero-order valence-corrected chi connectivity index (χ0v) is 16.9. The smallest absolute Gasteiger partial charge is 0.257 e. The largest absolute Gasteiger partial charge is 0.489 e. The quantitative estimate of drug-likeness (QED) is 0.454. The fourth-order valence-corrected chi connectivity index (χ4v) is 3.21. The molecule has 4 rings (SSSR count). The normalized spacial score (nSPS) is 10.4. The van der Waals surface area contributed by atoms with Gasteiger partial charge in [-0.1, -0.05) is 42.5 Å². The molecule has 0 aliphatic heterocycles. The van der Waals surface area contributed by atoms with Gasteiger partial charge in [0.15, 0.2) is 5.11 Å². The van der Waals surface area contributed by atoms with Crippen molar-refractivity contribution in [3.05, 3.63) is 102 Å². The second kappa shape index (κ2) is 9.15. The number of ether oxygens (including phenoxy) is 1. The summed E-state index contributed by atoms with van der Waals surface area (Å²) in [5.74, 6) is 0.307. The Morgan fingerprint density at radius 3 is 2.63 bits per heavy atom. The zero-order chi connectivity index (χ0) is 20.8. The summed E-state index contributed by atoms with van der Waals surface area (Å²) in [6.45, 7) is 0.432. The van der Waals surface area contributed by atoms with Gasteiger partial charge >= 0.3 is 0 Å². The molecule has 0 unspecified atom stereocenters. The lowest BCUT2D eigenvalue weighted by Gasteiger charge is -2.12. The Bertz CT molecular complexity index is 1190. The molecular formula is C24H19N3O2S. The number of nitrogens with zero attached hydrogens (tertiary/aromatic N) is 1. The summed E-state index contributed by atoms with van der Waals surface area (Å²) < 4.78 is 5.80. The minimum Gasteiger partial charge on any atom is -0.489 e. The highest BCUT2D eigenvalue weighted by Gasteiger charge is 2.10. The first-order chi connectivity index (χ1) is 14.7.